The van der Waals surface area contributed by atoms with Crippen molar-refractivity contribution in [2.24, 2.45) is 0 Å². The van der Waals surface area contributed by atoms with E-state index >= 15 is 0 Å². The Balaban J connectivity index is 1.91. The van der Waals surface area contributed by atoms with Crippen LogP contribution in [0.5, 0.6) is 0 Å². The molecule has 1 aliphatic carbocycles. The van der Waals surface area contributed by atoms with Crippen LogP contribution in [0.4, 0.5) is 19.1 Å². The number of aromatic nitrogens is 3. The van der Waals surface area contributed by atoms with Gasteiger partial charge in [0.25, 0.3) is 0 Å². The van der Waals surface area contributed by atoms with Crippen molar-refractivity contribution in [2.75, 3.05) is 5.32 Å². The van der Waals surface area contributed by atoms with Gasteiger partial charge in [-0.05, 0) is 54.6 Å². The average molecular weight is 407 g/mol. The fourth-order valence-corrected chi connectivity index (χ4v) is 3.48. The third kappa shape index (κ3) is 3.51. The van der Waals surface area contributed by atoms with Gasteiger partial charge in [0.05, 0.1) is 17.8 Å². The highest BCUT2D eigenvalue weighted by Crippen LogP contribution is 2.36. The molecule has 2 aromatic heterocycles. The Hall–Kier alpha value is -1.35. The standard InChI is InChI=1S/C15H18BrF3N4O/c1-8(15(17,18)19)21-14-20-7-13-11(16)6-12(23(13)22-14)9-2-4-10(24)5-3-9/h6-10,24H,2-5H2,1H3,(H,21,22)/t8?,9-,10-. The molecule has 0 amide bonds. The molecule has 0 radical (unpaired) electrons. The van der Waals surface area contributed by atoms with Crippen molar-refractivity contribution in [3.05, 3.63) is 22.4 Å². The van der Waals surface area contributed by atoms with Gasteiger partial charge in [0.1, 0.15) is 6.04 Å². The Morgan fingerprint density at radius 2 is 2.00 bits per heavy atom. The molecular formula is C15H18BrF3N4O. The summed E-state index contributed by atoms with van der Waals surface area (Å²) in [7, 11) is 0. The highest BCUT2D eigenvalue weighted by atomic mass is 79.9. The highest BCUT2D eigenvalue weighted by molar-refractivity contribution is 9.10. The van der Waals surface area contributed by atoms with Crippen molar-refractivity contribution in [2.45, 2.75) is 56.8 Å². The summed E-state index contributed by atoms with van der Waals surface area (Å²) in [6, 6.07) is 0.200. The first-order valence-corrected chi connectivity index (χ1v) is 8.60. The molecule has 132 valence electrons. The first kappa shape index (κ1) is 17.5. The molecule has 1 aliphatic rings. The molecule has 0 saturated heterocycles. The Kier molecular flexibility index (Phi) is 4.74. The summed E-state index contributed by atoms with van der Waals surface area (Å²) in [6.07, 6.45) is -0.0398. The van der Waals surface area contributed by atoms with Crippen LogP contribution in [0.15, 0.2) is 16.7 Å². The summed E-state index contributed by atoms with van der Waals surface area (Å²) in [4.78, 5) is 3.98. The fourth-order valence-electron chi connectivity index (χ4n) is 2.98. The molecule has 24 heavy (non-hydrogen) atoms. The van der Waals surface area contributed by atoms with Gasteiger partial charge in [-0.2, -0.15) is 13.2 Å². The summed E-state index contributed by atoms with van der Waals surface area (Å²) in [5, 5.41) is 16.2. The van der Waals surface area contributed by atoms with Gasteiger partial charge in [-0.15, -0.1) is 5.10 Å². The van der Waals surface area contributed by atoms with Crippen LogP contribution in [0.2, 0.25) is 0 Å². The quantitative estimate of drug-likeness (QED) is 0.811. The highest BCUT2D eigenvalue weighted by Gasteiger charge is 2.36. The van der Waals surface area contributed by atoms with E-state index in [4.69, 9.17) is 0 Å². The molecule has 0 aliphatic heterocycles. The molecule has 0 bridgehead atoms. The van der Waals surface area contributed by atoms with E-state index in [9.17, 15) is 18.3 Å². The lowest BCUT2D eigenvalue weighted by Crippen LogP contribution is -2.34. The SMILES string of the molecule is CC(Nc1ncc2c(Br)cc([C@H]3CC[C@H](O)CC3)n2n1)C(F)(F)F. The maximum Gasteiger partial charge on any atom is 0.408 e. The predicted octanol–water partition coefficient (Wildman–Crippen LogP) is 3.87. The Labute approximate surface area is 145 Å². The monoisotopic (exact) mass is 406 g/mol. The minimum Gasteiger partial charge on any atom is -0.393 e. The molecule has 2 heterocycles. The third-order valence-corrected chi connectivity index (χ3v) is 5.08. The van der Waals surface area contributed by atoms with Gasteiger partial charge in [-0.3, -0.25) is 0 Å². The number of halogens is 4. The van der Waals surface area contributed by atoms with E-state index in [0.717, 1.165) is 42.8 Å². The number of alkyl halides is 3. The van der Waals surface area contributed by atoms with Crippen LogP contribution in [-0.4, -0.2) is 38.0 Å². The number of aliphatic hydroxyl groups excluding tert-OH is 1. The van der Waals surface area contributed by atoms with E-state index in [1.165, 1.54) is 6.20 Å². The van der Waals surface area contributed by atoms with E-state index < -0.39 is 12.2 Å². The largest absolute Gasteiger partial charge is 0.408 e. The normalized spacial score (nSPS) is 23.4. The van der Waals surface area contributed by atoms with Crippen molar-refractivity contribution in [3.63, 3.8) is 0 Å². The first-order chi connectivity index (χ1) is 11.3. The van der Waals surface area contributed by atoms with Crippen LogP contribution in [0.25, 0.3) is 5.52 Å². The molecule has 1 saturated carbocycles. The zero-order chi connectivity index (χ0) is 17.5. The molecule has 5 nitrogen and oxygen atoms in total. The van der Waals surface area contributed by atoms with Crippen molar-refractivity contribution in [1.29, 1.82) is 0 Å². The van der Waals surface area contributed by atoms with E-state index in [2.05, 4.69) is 31.3 Å². The molecule has 1 fully saturated rings. The molecule has 9 heteroatoms. The molecule has 1 unspecified atom stereocenters. The van der Waals surface area contributed by atoms with Crippen molar-refractivity contribution in [3.8, 4) is 0 Å². The number of aliphatic hydroxyl groups is 1. The van der Waals surface area contributed by atoms with Gasteiger partial charge in [0.2, 0.25) is 5.95 Å². The van der Waals surface area contributed by atoms with Crippen LogP contribution in [0, 0.1) is 0 Å². The first-order valence-electron chi connectivity index (χ1n) is 7.81. The summed E-state index contributed by atoms with van der Waals surface area (Å²) >= 11 is 3.45. The maximum absolute atomic E-state index is 12.7. The van der Waals surface area contributed by atoms with Gasteiger partial charge in [-0.25, -0.2) is 9.50 Å². The van der Waals surface area contributed by atoms with Crippen LogP contribution < -0.4 is 5.32 Å². The topological polar surface area (TPSA) is 62.5 Å². The van der Waals surface area contributed by atoms with E-state index in [0.29, 0.717) is 5.52 Å². The fraction of sp³-hybridized carbons (Fsp3) is 0.600. The number of nitrogens with one attached hydrogen (secondary N) is 1. The molecule has 0 spiro atoms. The number of anilines is 1. The van der Waals surface area contributed by atoms with Crippen LogP contribution in [-0.2, 0) is 0 Å². The van der Waals surface area contributed by atoms with E-state index in [1.54, 1.807) is 4.52 Å². The van der Waals surface area contributed by atoms with E-state index in [-0.39, 0.29) is 18.0 Å². The number of hydrogen-bond acceptors (Lipinski definition) is 4. The lowest BCUT2D eigenvalue weighted by Gasteiger charge is -2.25. The minimum absolute atomic E-state index is 0.0625. The lowest BCUT2D eigenvalue weighted by molar-refractivity contribution is -0.138. The van der Waals surface area contributed by atoms with Gasteiger partial charge < -0.3 is 10.4 Å². The van der Waals surface area contributed by atoms with Crippen molar-refractivity contribution < 1.29 is 18.3 Å². The Bertz CT molecular complexity index is 725. The number of fused-ring (bicyclic) bond motifs is 1. The van der Waals surface area contributed by atoms with Gasteiger partial charge in [0.15, 0.2) is 0 Å². The van der Waals surface area contributed by atoms with Crippen LogP contribution >= 0.6 is 15.9 Å². The molecule has 2 aromatic rings. The maximum atomic E-state index is 12.7. The summed E-state index contributed by atoms with van der Waals surface area (Å²) in [5.41, 5.74) is 1.63. The number of rotatable bonds is 3. The Morgan fingerprint density at radius 3 is 2.62 bits per heavy atom. The second-order valence-electron chi connectivity index (χ2n) is 6.21. The summed E-state index contributed by atoms with van der Waals surface area (Å²) in [6.45, 7) is 1.03. The third-order valence-electron chi connectivity index (χ3n) is 4.45. The minimum atomic E-state index is -4.36. The number of nitrogens with zero attached hydrogens (tertiary/aromatic N) is 3. The van der Waals surface area contributed by atoms with Crippen LogP contribution in [0.3, 0.4) is 0 Å². The lowest BCUT2D eigenvalue weighted by atomic mass is 9.85. The average Bonchev–Trinajstić information content (AvgIpc) is 2.84. The molecule has 2 N–H and O–H groups in total. The van der Waals surface area contributed by atoms with Gasteiger partial charge >= 0.3 is 6.18 Å². The molecule has 0 aromatic carbocycles. The predicted molar refractivity (Wildman–Crippen MR) is 87.0 cm³/mol. The zero-order valence-corrected chi connectivity index (χ0v) is 14.6. The van der Waals surface area contributed by atoms with E-state index in [1.807, 2.05) is 6.07 Å². The smallest absolute Gasteiger partial charge is 0.393 e. The summed E-state index contributed by atoms with van der Waals surface area (Å²) in [5.74, 6) is 0.155. The van der Waals surface area contributed by atoms with Gasteiger partial charge in [0, 0.05) is 16.1 Å². The Morgan fingerprint density at radius 1 is 1.33 bits per heavy atom. The summed E-state index contributed by atoms with van der Waals surface area (Å²) < 4.78 is 40.6. The second-order valence-corrected chi connectivity index (χ2v) is 7.06. The second kappa shape index (κ2) is 6.51. The molecule has 1 atom stereocenters. The van der Waals surface area contributed by atoms with Gasteiger partial charge in [-0.1, -0.05) is 0 Å². The zero-order valence-electron chi connectivity index (χ0n) is 13.0. The van der Waals surface area contributed by atoms with Crippen molar-refractivity contribution >= 4 is 27.4 Å². The van der Waals surface area contributed by atoms with Crippen LogP contribution in [0.1, 0.15) is 44.2 Å². The molecular weight excluding hydrogens is 389 g/mol. The molecule has 3 rings (SSSR count). The number of hydrogen-bond donors (Lipinski definition) is 2. The van der Waals surface area contributed by atoms with Crippen molar-refractivity contribution in [1.82, 2.24) is 14.6 Å².